The minimum atomic E-state index is -1.30. The summed E-state index contributed by atoms with van der Waals surface area (Å²) in [6, 6.07) is 14.0. The van der Waals surface area contributed by atoms with Gasteiger partial charge in [-0.05, 0) is 31.0 Å². The summed E-state index contributed by atoms with van der Waals surface area (Å²) in [6.07, 6.45) is 0. The number of rotatable bonds is 5. The van der Waals surface area contributed by atoms with Crippen LogP contribution in [0.25, 0.3) is 0 Å². The summed E-state index contributed by atoms with van der Waals surface area (Å²) >= 11 is 6.22. The van der Waals surface area contributed by atoms with Gasteiger partial charge in [0.15, 0.2) is 0 Å². The van der Waals surface area contributed by atoms with Gasteiger partial charge in [-0.2, -0.15) is 0 Å². The van der Waals surface area contributed by atoms with E-state index in [0.29, 0.717) is 17.1 Å². The minimum absolute atomic E-state index is 0.324. The highest BCUT2D eigenvalue weighted by Crippen LogP contribution is 2.33. The van der Waals surface area contributed by atoms with Crippen molar-refractivity contribution in [1.29, 1.82) is 0 Å². The molecule has 1 aliphatic heterocycles. The number of amides is 4. The third-order valence-corrected chi connectivity index (χ3v) is 5.40. The van der Waals surface area contributed by atoms with Gasteiger partial charge in [-0.1, -0.05) is 54.1 Å². The number of hydrogen-bond acceptors (Lipinski definition) is 3. The molecule has 4 amide bonds. The van der Waals surface area contributed by atoms with E-state index >= 15 is 0 Å². The summed E-state index contributed by atoms with van der Waals surface area (Å²) in [5.41, 5.74) is 1.28. The number of halogens is 1. The molecule has 2 aromatic rings. The Bertz CT molecular complexity index is 946. The average molecular weight is 400 g/mol. The number of hydrogen-bond donors (Lipinski definition) is 1. The fourth-order valence-electron chi connectivity index (χ4n) is 3.28. The van der Waals surface area contributed by atoms with Gasteiger partial charge in [0.2, 0.25) is 5.91 Å². The first-order valence-corrected chi connectivity index (χ1v) is 9.29. The van der Waals surface area contributed by atoms with Crippen molar-refractivity contribution in [3.05, 3.63) is 70.2 Å². The van der Waals surface area contributed by atoms with E-state index < -0.39 is 17.5 Å². The molecule has 1 aliphatic rings. The standard InChI is InChI=1S/C21H22ClN3O3/c1-14-8-4-5-9-15(14)12-24(3)18(26)13-25-19(27)21(2,23-20(25)28)16-10-6-7-11-17(16)22/h4-11H,12-13H2,1-3H3,(H,23,28)/t21-/m0/s1. The second-order valence-corrected chi connectivity index (χ2v) is 7.51. The fourth-order valence-corrected chi connectivity index (χ4v) is 3.60. The first-order chi connectivity index (χ1) is 13.2. The van der Waals surface area contributed by atoms with Crippen LogP contribution in [0.5, 0.6) is 0 Å². The number of urea groups is 1. The number of likely N-dealkylation sites (N-methyl/N-ethyl adjacent to an activating group) is 1. The van der Waals surface area contributed by atoms with E-state index in [1.807, 2.05) is 31.2 Å². The maximum absolute atomic E-state index is 13.0. The van der Waals surface area contributed by atoms with Crippen LogP contribution in [0.4, 0.5) is 4.79 Å². The van der Waals surface area contributed by atoms with Crippen LogP contribution < -0.4 is 5.32 Å². The largest absolute Gasteiger partial charge is 0.340 e. The SMILES string of the molecule is Cc1ccccc1CN(C)C(=O)CN1C(=O)N[C@@](C)(c2ccccc2Cl)C1=O. The number of carbonyl (C=O) groups is 3. The molecule has 6 nitrogen and oxygen atoms in total. The lowest BCUT2D eigenvalue weighted by molar-refractivity contribution is -0.138. The Hall–Kier alpha value is -2.86. The zero-order valence-corrected chi connectivity index (χ0v) is 16.8. The number of carbonyl (C=O) groups excluding carboxylic acids is 3. The number of benzene rings is 2. The van der Waals surface area contributed by atoms with Crippen molar-refractivity contribution < 1.29 is 14.4 Å². The molecule has 1 atom stereocenters. The molecule has 3 rings (SSSR count). The van der Waals surface area contributed by atoms with Gasteiger partial charge in [0.05, 0.1) is 0 Å². The van der Waals surface area contributed by atoms with E-state index in [-0.39, 0.29) is 12.5 Å². The smallest absolute Gasteiger partial charge is 0.325 e. The first kappa shape index (κ1) is 19.9. The van der Waals surface area contributed by atoms with Gasteiger partial charge in [0.25, 0.3) is 5.91 Å². The minimum Gasteiger partial charge on any atom is -0.340 e. The Balaban J connectivity index is 1.75. The van der Waals surface area contributed by atoms with Gasteiger partial charge in [-0.15, -0.1) is 0 Å². The second-order valence-electron chi connectivity index (χ2n) is 7.10. The van der Waals surface area contributed by atoms with Gasteiger partial charge >= 0.3 is 6.03 Å². The molecule has 0 spiro atoms. The molecule has 1 N–H and O–H groups in total. The van der Waals surface area contributed by atoms with Crippen molar-refractivity contribution in [2.24, 2.45) is 0 Å². The van der Waals surface area contributed by atoms with Gasteiger partial charge in [0, 0.05) is 24.2 Å². The highest BCUT2D eigenvalue weighted by Gasteiger charge is 2.50. The predicted octanol–water partition coefficient (Wildman–Crippen LogP) is 3.07. The predicted molar refractivity (Wildman–Crippen MR) is 107 cm³/mol. The van der Waals surface area contributed by atoms with Crippen LogP contribution in [0.1, 0.15) is 23.6 Å². The van der Waals surface area contributed by atoms with E-state index in [0.717, 1.165) is 16.0 Å². The van der Waals surface area contributed by atoms with Crippen molar-refractivity contribution in [1.82, 2.24) is 15.1 Å². The van der Waals surface area contributed by atoms with Crippen molar-refractivity contribution in [2.75, 3.05) is 13.6 Å². The maximum Gasteiger partial charge on any atom is 0.325 e. The van der Waals surface area contributed by atoms with Crippen LogP contribution in [0.15, 0.2) is 48.5 Å². The monoisotopic (exact) mass is 399 g/mol. The van der Waals surface area contributed by atoms with E-state index in [9.17, 15) is 14.4 Å². The van der Waals surface area contributed by atoms with Crippen LogP contribution in [0.2, 0.25) is 5.02 Å². The van der Waals surface area contributed by atoms with E-state index in [1.54, 1.807) is 38.2 Å². The Morgan fingerprint density at radius 1 is 1.14 bits per heavy atom. The fraction of sp³-hybridized carbons (Fsp3) is 0.286. The average Bonchev–Trinajstić information content (AvgIpc) is 2.87. The molecule has 0 unspecified atom stereocenters. The Morgan fingerprint density at radius 2 is 1.79 bits per heavy atom. The topological polar surface area (TPSA) is 69.7 Å². The van der Waals surface area contributed by atoms with Gasteiger partial charge < -0.3 is 10.2 Å². The zero-order valence-electron chi connectivity index (χ0n) is 16.0. The van der Waals surface area contributed by atoms with Crippen LogP contribution in [-0.4, -0.2) is 41.2 Å². The number of imide groups is 1. The molecule has 0 bridgehead atoms. The molecule has 1 fully saturated rings. The highest BCUT2D eigenvalue weighted by atomic mass is 35.5. The van der Waals surface area contributed by atoms with E-state index in [2.05, 4.69) is 5.32 Å². The molecule has 1 heterocycles. The number of nitrogens with one attached hydrogen (secondary N) is 1. The van der Waals surface area contributed by atoms with Crippen LogP contribution in [0, 0.1) is 6.92 Å². The molecule has 0 radical (unpaired) electrons. The summed E-state index contributed by atoms with van der Waals surface area (Å²) in [6.45, 7) is 3.64. The molecule has 0 aliphatic carbocycles. The van der Waals surface area contributed by atoms with Gasteiger partial charge in [-0.25, -0.2) is 4.79 Å². The lowest BCUT2D eigenvalue weighted by atomic mass is 9.92. The molecule has 0 aromatic heterocycles. The molecular weight excluding hydrogens is 378 g/mol. The van der Waals surface area contributed by atoms with Gasteiger partial charge in [0.1, 0.15) is 12.1 Å². The van der Waals surface area contributed by atoms with Crippen molar-refractivity contribution in [3.8, 4) is 0 Å². The summed E-state index contributed by atoms with van der Waals surface area (Å²) in [4.78, 5) is 40.5. The first-order valence-electron chi connectivity index (χ1n) is 8.91. The lowest BCUT2D eigenvalue weighted by Gasteiger charge is -2.24. The molecule has 0 saturated carbocycles. The summed E-state index contributed by atoms with van der Waals surface area (Å²) in [7, 11) is 1.65. The Morgan fingerprint density at radius 3 is 2.46 bits per heavy atom. The van der Waals surface area contributed by atoms with E-state index in [4.69, 9.17) is 11.6 Å². The Kier molecular flexibility index (Phi) is 5.42. The number of aryl methyl sites for hydroxylation is 1. The molecule has 2 aromatic carbocycles. The van der Waals surface area contributed by atoms with Gasteiger partial charge in [-0.3, -0.25) is 14.5 Å². The molecular formula is C21H22ClN3O3. The molecule has 7 heteroatoms. The molecule has 146 valence electrons. The third kappa shape index (κ3) is 3.60. The van der Waals surface area contributed by atoms with Crippen molar-refractivity contribution in [2.45, 2.75) is 25.9 Å². The second kappa shape index (κ2) is 7.64. The van der Waals surface area contributed by atoms with Crippen LogP contribution in [-0.2, 0) is 21.7 Å². The summed E-state index contributed by atoms with van der Waals surface area (Å²) in [5.74, 6) is -0.821. The van der Waals surface area contributed by atoms with Crippen molar-refractivity contribution in [3.63, 3.8) is 0 Å². The van der Waals surface area contributed by atoms with Crippen LogP contribution >= 0.6 is 11.6 Å². The summed E-state index contributed by atoms with van der Waals surface area (Å²) < 4.78 is 0. The lowest BCUT2D eigenvalue weighted by Crippen LogP contribution is -2.43. The normalized spacial score (nSPS) is 18.9. The third-order valence-electron chi connectivity index (χ3n) is 5.08. The number of nitrogens with zero attached hydrogens (tertiary/aromatic N) is 2. The zero-order chi connectivity index (χ0) is 20.5. The quantitative estimate of drug-likeness (QED) is 0.785. The maximum atomic E-state index is 13.0. The Labute approximate surface area is 169 Å². The van der Waals surface area contributed by atoms with E-state index in [1.165, 1.54) is 4.90 Å². The molecule has 1 saturated heterocycles. The van der Waals surface area contributed by atoms with Crippen LogP contribution in [0.3, 0.4) is 0 Å². The summed E-state index contributed by atoms with van der Waals surface area (Å²) in [5, 5.41) is 3.05. The van der Waals surface area contributed by atoms with Crippen molar-refractivity contribution >= 4 is 29.4 Å². The highest BCUT2D eigenvalue weighted by molar-refractivity contribution is 6.32. The molecule has 28 heavy (non-hydrogen) atoms.